The Morgan fingerprint density at radius 3 is 2.60 bits per heavy atom. The molecule has 0 radical (unpaired) electrons. The summed E-state index contributed by atoms with van der Waals surface area (Å²) in [5.41, 5.74) is 0.298. The van der Waals surface area contributed by atoms with E-state index in [9.17, 15) is 15.0 Å². The van der Waals surface area contributed by atoms with Crippen molar-refractivity contribution in [3.05, 3.63) is 28.2 Å². The second-order valence-electron chi connectivity index (χ2n) is 5.18. The van der Waals surface area contributed by atoms with E-state index in [0.717, 1.165) is 30.2 Å². The minimum absolute atomic E-state index is 0.0249. The molecular weight excluding hydrogens is 322 g/mol. The fourth-order valence-corrected chi connectivity index (χ4v) is 3.14. The number of phenolic OH excluding ortho intramolecular Hbond substituents is 1. The summed E-state index contributed by atoms with van der Waals surface area (Å²) in [5.74, 6) is -0.223. The van der Waals surface area contributed by atoms with Crippen molar-refractivity contribution in [3.8, 4) is 5.75 Å². The van der Waals surface area contributed by atoms with Gasteiger partial charge in [-0.25, -0.2) is 0 Å². The van der Waals surface area contributed by atoms with E-state index >= 15 is 0 Å². The van der Waals surface area contributed by atoms with E-state index < -0.39 is 0 Å². The van der Waals surface area contributed by atoms with Gasteiger partial charge in [0.05, 0.1) is 12.2 Å². The Kier molecular flexibility index (Phi) is 5.43. The smallest absolute Gasteiger partial charge is 0.257 e. The van der Waals surface area contributed by atoms with E-state index in [1.165, 1.54) is 12.5 Å². The lowest BCUT2D eigenvalue weighted by molar-refractivity contribution is 0.0582. The lowest BCUT2D eigenvalue weighted by Gasteiger charge is -2.34. The van der Waals surface area contributed by atoms with Gasteiger partial charge in [0, 0.05) is 17.1 Å². The van der Waals surface area contributed by atoms with E-state index in [2.05, 4.69) is 15.9 Å². The topological polar surface area (TPSA) is 60.8 Å². The molecule has 2 rings (SSSR count). The normalized spacial score (nSPS) is 16.1. The monoisotopic (exact) mass is 341 g/mol. The van der Waals surface area contributed by atoms with Gasteiger partial charge in [0.15, 0.2) is 0 Å². The number of rotatable bonds is 4. The molecule has 0 unspecified atom stereocenters. The van der Waals surface area contributed by atoms with Gasteiger partial charge in [-0.15, -0.1) is 0 Å². The first-order valence-corrected chi connectivity index (χ1v) is 7.83. The molecule has 0 bridgehead atoms. The Morgan fingerprint density at radius 2 is 2.00 bits per heavy atom. The molecule has 4 nitrogen and oxygen atoms in total. The highest BCUT2D eigenvalue weighted by Gasteiger charge is 2.27. The van der Waals surface area contributed by atoms with Gasteiger partial charge in [0.1, 0.15) is 5.75 Å². The van der Waals surface area contributed by atoms with Crippen LogP contribution in [0.5, 0.6) is 5.75 Å². The lowest BCUT2D eigenvalue weighted by atomic mass is 9.93. The summed E-state index contributed by atoms with van der Waals surface area (Å²) in [7, 11) is 0. The molecule has 0 aliphatic heterocycles. The zero-order chi connectivity index (χ0) is 14.5. The van der Waals surface area contributed by atoms with Gasteiger partial charge in [0.2, 0.25) is 0 Å². The number of phenols is 1. The average Bonchev–Trinajstić information content (AvgIpc) is 2.45. The first-order chi connectivity index (χ1) is 9.63. The Hall–Kier alpha value is -1.07. The Bertz CT molecular complexity index is 472. The van der Waals surface area contributed by atoms with Crippen molar-refractivity contribution < 1.29 is 15.0 Å². The van der Waals surface area contributed by atoms with Crippen molar-refractivity contribution in [2.75, 3.05) is 13.2 Å². The van der Waals surface area contributed by atoms with E-state index in [-0.39, 0.29) is 24.3 Å². The van der Waals surface area contributed by atoms with Crippen molar-refractivity contribution in [1.29, 1.82) is 0 Å². The third-order valence-corrected chi connectivity index (χ3v) is 4.30. The molecule has 1 aliphatic rings. The van der Waals surface area contributed by atoms with Crippen molar-refractivity contribution in [1.82, 2.24) is 4.90 Å². The molecular formula is C15H20BrNO3. The highest BCUT2D eigenvalue weighted by Crippen LogP contribution is 2.27. The molecule has 20 heavy (non-hydrogen) atoms. The van der Waals surface area contributed by atoms with Crippen LogP contribution >= 0.6 is 15.9 Å². The maximum Gasteiger partial charge on any atom is 0.257 e. The Labute approximate surface area is 127 Å². The van der Waals surface area contributed by atoms with Crippen LogP contribution in [-0.2, 0) is 0 Å². The number of aliphatic hydroxyl groups is 1. The van der Waals surface area contributed by atoms with Gasteiger partial charge in [-0.05, 0) is 31.0 Å². The largest absolute Gasteiger partial charge is 0.507 e. The highest BCUT2D eigenvalue weighted by atomic mass is 79.9. The highest BCUT2D eigenvalue weighted by molar-refractivity contribution is 9.10. The fraction of sp³-hybridized carbons (Fsp3) is 0.533. The molecule has 0 spiro atoms. The van der Waals surface area contributed by atoms with Crippen molar-refractivity contribution in [3.63, 3.8) is 0 Å². The molecule has 1 amide bonds. The molecule has 1 fully saturated rings. The van der Waals surface area contributed by atoms with Gasteiger partial charge in [-0.1, -0.05) is 35.2 Å². The molecule has 0 aromatic heterocycles. The van der Waals surface area contributed by atoms with Gasteiger partial charge in [-0.2, -0.15) is 0 Å². The number of halogens is 1. The van der Waals surface area contributed by atoms with Gasteiger partial charge < -0.3 is 15.1 Å². The maximum atomic E-state index is 12.6. The number of nitrogens with zero attached hydrogens (tertiary/aromatic N) is 1. The first kappa shape index (κ1) is 15.3. The summed E-state index contributed by atoms with van der Waals surface area (Å²) in [6, 6.07) is 5.05. The van der Waals surface area contributed by atoms with Gasteiger partial charge in [-0.3, -0.25) is 4.79 Å². The zero-order valence-electron chi connectivity index (χ0n) is 11.4. The third kappa shape index (κ3) is 3.52. The number of hydrogen-bond donors (Lipinski definition) is 2. The molecule has 0 saturated heterocycles. The van der Waals surface area contributed by atoms with Crippen LogP contribution in [0.1, 0.15) is 42.5 Å². The standard InChI is InChI=1S/C15H20BrNO3/c16-11-6-7-13(14(19)10-11)15(20)17(8-9-18)12-4-2-1-3-5-12/h6-7,10,12,18-19H,1-5,8-9H2. The molecule has 5 heteroatoms. The van der Waals surface area contributed by atoms with Crippen LogP contribution in [-0.4, -0.2) is 40.2 Å². The van der Waals surface area contributed by atoms with Crippen molar-refractivity contribution in [2.45, 2.75) is 38.1 Å². The van der Waals surface area contributed by atoms with Gasteiger partial charge >= 0.3 is 0 Å². The van der Waals surface area contributed by atoms with Crippen LogP contribution in [0.2, 0.25) is 0 Å². The van der Waals surface area contributed by atoms with Crippen LogP contribution in [0.4, 0.5) is 0 Å². The SMILES string of the molecule is O=C(c1ccc(Br)cc1O)N(CCO)C1CCCCC1. The van der Waals surface area contributed by atoms with Gasteiger partial charge in [0.25, 0.3) is 5.91 Å². The third-order valence-electron chi connectivity index (χ3n) is 3.81. The molecule has 1 saturated carbocycles. The van der Waals surface area contributed by atoms with E-state index in [0.29, 0.717) is 12.1 Å². The van der Waals surface area contributed by atoms with E-state index in [4.69, 9.17) is 0 Å². The lowest BCUT2D eigenvalue weighted by Crippen LogP contribution is -2.43. The summed E-state index contributed by atoms with van der Waals surface area (Å²) >= 11 is 3.26. The molecule has 110 valence electrons. The number of benzene rings is 1. The van der Waals surface area contributed by atoms with Crippen LogP contribution in [0.15, 0.2) is 22.7 Å². The fourth-order valence-electron chi connectivity index (χ4n) is 2.79. The summed E-state index contributed by atoms with van der Waals surface area (Å²) in [6.07, 6.45) is 5.39. The number of amides is 1. The van der Waals surface area contributed by atoms with E-state index in [1.54, 1.807) is 17.0 Å². The first-order valence-electron chi connectivity index (χ1n) is 7.04. The number of carbonyl (C=O) groups excluding carboxylic acids is 1. The molecule has 1 aromatic carbocycles. The molecule has 1 aliphatic carbocycles. The van der Waals surface area contributed by atoms with Crippen LogP contribution in [0.3, 0.4) is 0 Å². The second kappa shape index (κ2) is 7.09. The number of hydrogen-bond acceptors (Lipinski definition) is 3. The maximum absolute atomic E-state index is 12.6. The van der Waals surface area contributed by atoms with Crippen LogP contribution < -0.4 is 0 Å². The minimum atomic E-state index is -0.198. The second-order valence-corrected chi connectivity index (χ2v) is 6.09. The van der Waals surface area contributed by atoms with E-state index in [1.807, 2.05) is 0 Å². The van der Waals surface area contributed by atoms with Crippen LogP contribution in [0.25, 0.3) is 0 Å². The van der Waals surface area contributed by atoms with Crippen molar-refractivity contribution in [2.24, 2.45) is 0 Å². The molecule has 0 atom stereocenters. The number of aromatic hydroxyl groups is 1. The van der Waals surface area contributed by atoms with Crippen LogP contribution in [0, 0.1) is 0 Å². The quantitative estimate of drug-likeness (QED) is 0.885. The summed E-state index contributed by atoms with van der Waals surface area (Å²) in [5, 5.41) is 19.1. The summed E-state index contributed by atoms with van der Waals surface area (Å²) in [4.78, 5) is 14.3. The number of carbonyl (C=O) groups is 1. The Morgan fingerprint density at radius 1 is 1.30 bits per heavy atom. The summed E-state index contributed by atoms with van der Waals surface area (Å²) < 4.78 is 0.734. The average molecular weight is 342 g/mol. The predicted molar refractivity (Wildman–Crippen MR) is 80.8 cm³/mol. The number of aliphatic hydroxyl groups excluding tert-OH is 1. The predicted octanol–water partition coefficient (Wildman–Crippen LogP) is 2.92. The zero-order valence-corrected chi connectivity index (χ0v) is 13.0. The minimum Gasteiger partial charge on any atom is -0.507 e. The molecule has 2 N–H and O–H groups in total. The van der Waals surface area contributed by atoms with Crippen molar-refractivity contribution >= 4 is 21.8 Å². The molecule has 0 heterocycles. The molecule has 1 aromatic rings. The summed E-state index contributed by atoms with van der Waals surface area (Å²) in [6.45, 7) is 0.262. The Balaban J connectivity index is 2.21.